The van der Waals surface area contributed by atoms with Gasteiger partial charge in [0.15, 0.2) is 0 Å². The monoisotopic (exact) mass is 296 g/mol. The van der Waals surface area contributed by atoms with Gasteiger partial charge in [0.2, 0.25) is 5.91 Å². The summed E-state index contributed by atoms with van der Waals surface area (Å²) in [4.78, 5) is 14.1. The quantitative estimate of drug-likeness (QED) is 0.785. The number of rotatable bonds is 7. The van der Waals surface area contributed by atoms with Crippen LogP contribution in [0.4, 0.5) is 0 Å². The van der Waals surface area contributed by atoms with Crippen LogP contribution < -0.4 is 5.73 Å². The highest BCUT2D eigenvalue weighted by Crippen LogP contribution is 2.14. The van der Waals surface area contributed by atoms with Crippen molar-refractivity contribution < 1.29 is 4.79 Å². The maximum atomic E-state index is 11.8. The van der Waals surface area contributed by atoms with E-state index in [4.69, 9.17) is 18.0 Å². The molecule has 0 heterocycles. The zero-order valence-corrected chi connectivity index (χ0v) is 13.0. The van der Waals surface area contributed by atoms with Crippen LogP contribution in [0.1, 0.15) is 25.0 Å². The van der Waals surface area contributed by atoms with Crippen LogP contribution in [0.2, 0.25) is 0 Å². The Morgan fingerprint density at radius 1 is 1.37 bits per heavy atom. The molecule has 0 fully saturated rings. The van der Waals surface area contributed by atoms with Crippen LogP contribution in [-0.2, 0) is 10.5 Å². The lowest BCUT2D eigenvalue weighted by Gasteiger charge is -2.18. The van der Waals surface area contributed by atoms with Crippen molar-refractivity contribution in [2.75, 3.05) is 18.8 Å². The van der Waals surface area contributed by atoms with Crippen LogP contribution >= 0.6 is 24.0 Å². The third-order valence-electron chi connectivity index (χ3n) is 2.82. The van der Waals surface area contributed by atoms with Crippen molar-refractivity contribution in [3.05, 3.63) is 35.4 Å². The number of thioether (sulfide) groups is 1. The molecule has 0 atom stereocenters. The zero-order chi connectivity index (χ0) is 14.3. The van der Waals surface area contributed by atoms with Gasteiger partial charge in [-0.1, -0.05) is 30.4 Å². The molecule has 0 aliphatic rings. The first-order valence-corrected chi connectivity index (χ1v) is 7.89. The van der Waals surface area contributed by atoms with Crippen molar-refractivity contribution in [3.63, 3.8) is 0 Å². The fraction of sp³-hybridized carbons (Fsp3) is 0.429. The van der Waals surface area contributed by atoms with E-state index in [1.165, 1.54) is 0 Å². The van der Waals surface area contributed by atoms with E-state index < -0.39 is 0 Å². The number of carbonyl (C=O) groups is 1. The average molecular weight is 296 g/mol. The van der Waals surface area contributed by atoms with Crippen LogP contribution in [-0.4, -0.2) is 34.6 Å². The van der Waals surface area contributed by atoms with Gasteiger partial charge in [-0.2, -0.15) is 0 Å². The molecule has 1 amide bonds. The van der Waals surface area contributed by atoms with Gasteiger partial charge >= 0.3 is 0 Å². The minimum atomic E-state index is 0.195. The second-order valence-corrected chi connectivity index (χ2v) is 5.55. The molecule has 0 aliphatic carbocycles. The van der Waals surface area contributed by atoms with E-state index in [1.54, 1.807) is 11.8 Å². The summed E-state index contributed by atoms with van der Waals surface area (Å²) in [5, 5.41) is 0. The Bertz CT molecular complexity index is 445. The molecular weight excluding hydrogens is 276 g/mol. The molecule has 19 heavy (non-hydrogen) atoms. The predicted molar refractivity (Wildman–Crippen MR) is 86.4 cm³/mol. The summed E-state index contributed by atoms with van der Waals surface area (Å²) in [5.74, 6) is 1.50. The molecule has 3 nitrogen and oxygen atoms in total. The van der Waals surface area contributed by atoms with Gasteiger partial charge in [-0.15, -0.1) is 11.8 Å². The van der Waals surface area contributed by atoms with Crippen LogP contribution in [0.15, 0.2) is 24.3 Å². The molecule has 0 aromatic heterocycles. The predicted octanol–water partition coefficient (Wildman–Crippen LogP) is 2.42. The summed E-state index contributed by atoms with van der Waals surface area (Å²) < 4.78 is 0. The molecule has 0 saturated heterocycles. The smallest absolute Gasteiger partial charge is 0.232 e. The van der Waals surface area contributed by atoms with Crippen LogP contribution in [0.25, 0.3) is 0 Å². The molecule has 104 valence electrons. The van der Waals surface area contributed by atoms with Crippen molar-refractivity contribution in [2.45, 2.75) is 19.6 Å². The first kappa shape index (κ1) is 16.0. The minimum Gasteiger partial charge on any atom is -0.389 e. The Balaban J connectivity index is 2.47. The number of thiocarbonyl (C=S) groups is 1. The van der Waals surface area contributed by atoms with Gasteiger partial charge in [-0.25, -0.2) is 0 Å². The lowest BCUT2D eigenvalue weighted by atomic mass is 10.1. The molecule has 5 heteroatoms. The van der Waals surface area contributed by atoms with E-state index in [0.717, 1.165) is 30.0 Å². The molecule has 0 bridgehead atoms. The molecule has 0 unspecified atom stereocenters. The highest BCUT2D eigenvalue weighted by molar-refractivity contribution is 7.99. The minimum absolute atomic E-state index is 0.195. The summed E-state index contributed by atoms with van der Waals surface area (Å²) in [7, 11) is 0. The number of amides is 1. The topological polar surface area (TPSA) is 46.3 Å². The first-order chi connectivity index (χ1) is 9.08. The second kappa shape index (κ2) is 8.17. The summed E-state index contributed by atoms with van der Waals surface area (Å²) >= 11 is 6.57. The second-order valence-electron chi connectivity index (χ2n) is 4.12. The van der Waals surface area contributed by atoms with Crippen molar-refractivity contribution in [1.29, 1.82) is 0 Å². The van der Waals surface area contributed by atoms with E-state index in [-0.39, 0.29) is 5.91 Å². The molecule has 0 aliphatic heterocycles. The Morgan fingerprint density at radius 2 is 2.05 bits per heavy atom. The number of hydrogen-bond acceptors (Lipinski definition) is 3. The van der Waals surface area contributed by atoms with Crippen LogP contribution in [0.3, 0.4) is 0 Å². The molecule has 0 spiro atoms. The van der Waals surface area contributed by atoms with Gasteiger partial charge in [0.25, 0.3) is 0 Å². The number of hydrogen-bond donors (Lipinski definition) is 1. The van der Waals surface area contributed by atoms with E-state index in [2.05, 4.69) is 0 Å². The molecule has 1 aromatic rings. The van der Waals surface area contributed by atoms with Crippen molar-refractivity contribution in [2.24, 2.45) is 5.73 Å². The van der Waals surface area contributed by atoms with Crippen LogP contribution in [0.5, 0.6) is 0 Å². The van der Waals surface area contributed by atoms with Gasteiger partial charge < -0.3 is 10.6 Å². The Morgan fingerprint density at radius 3 is 2.63 bits per heavy atom. The van der Waals surface area contributed by atoms with Gasteiger partial charge in [0, 0.05) is 24.4 Å². The number of benzene rings is 1. The maximum Gasteiger partial charge on any atom is 0.232 e. The Kier molecular flexibility index (Phi) is 6.87. The van der Waals surface area contributed by atoms with E-state index in [1.807, 2.05) is 43.0 Å². The molecule has 2 N–H and O–H groups in total. The van der Waals surface area contributed by atoms with Crippen molar-refractivity contribution in [1.82, 2.24) is 4.90 Å². The van der Waals surface area contributed by atoms with E-state index >= 15 is 0 Å². The third kappa shape index (κ3) is 5.20. The summed E-state index contributed by atoms with van der Waals surface area (Å²) in [6, 6.07) is 7.85. The average Bonchev–Trinajstić information content (AvgIpc) is 2.40. The molecule has 1 rings (SSSR count). The van der Waals surface area contributed by atoms with E-state index in [9.17, 15) is 4.79 Å². The molecule has 1 aromatic carbocycles. The molecule has 0 radical (unpaired) electrons. The normalized spacial score (nSPS) is 10.2. The SMILES string of the molecule is CCN(CC)C(=O)CSCc1cccc(C(N)=S)c1. The van der Waals surface area contributed by atoms with E-state index in [0.29, 0.717) is 10.7 Å². The summed E-state index contributed by atoms with van der Waals surface area (Å²) in [5.41, 5.74) is 7.62. The third-order valence-corrected chi connectivity index (χ3v) is 4.05. The maximum absolute atomic E-state index is 11.8. The Hall–Kier alpha value is -1.07. The lowest BCUT2D eigenvalue weighted by Crippen LogP contribution is -2.31. The van der Waals surface area contributed by atoms with Crippen molar-refractivity contribution in [3.8, 4) is 0 Å². The fourth-order valence-electron chi connectivity index (χ4n) is 1.74. The van der Waals surface area contributed by atoms with Crippen molar-refractivity contribution >= 4 is 34.9 Å². The van der Waals surface area contributed by atoms with Gasteiger partial charge in [0.1, 0.15) is 4.99 Å². The number of nitrogens with two attached hydrogens (primary N) is 1. The lowest BCUT2D eigenvalue weighted by molar-refractivity contribution is -0.127. The largest absolute Gasteiger partial charge is 0.389 e. The van der Waals surface area contributed by atoms with Gasteiger partial charge in [-0.3, -0.25) is 4.79 Å². The molecule has 0 saturated carbocycles. The zero-order valence-electron chi connectivity index (χ0n) is 11.4. The summed E-state index contributed by atoms with van der Waals surface area (Å²) in [6.07, 6.45) is 0. The van der Waals surface area contributed by atoms with Gasteiger partial charge in [-0.05, 0) is 25.5 Å². The Labute approximate surface area is 124 Å². The fourth-order valence-corrected chi connectivity index (χ4v) is 2.74. The first-order valence-electron chi connectivity index (χ1n) is 6.32. The van der Waals surface area contributed by atoms with Crippen LogP contribution in [0, 0.1) is 0 Å². The highest BCUT2D eigenvalue weighted by atomic mass is 32.2. The highest BCUT2D eigenvalue weighted by Gasteiger charge is 2.09. The summed E-state index contributed by atoms with van der Waals surface area (Å²) in [6.45, 7) is 5.54. The number of carbonyl (C=O) groups excluding carboxylic acids is 1. The van der Waals surface area contributed by atoms with Gasteiger partial charge in [0.05, 0.1) is 5.75 Å². The standard InChI is InChI=1S/C14H20N2OS2/c1-3-16(4-2)13(17)10-19-9-11-6-5-7-12(8-11)14(15)18/h5-8H,3-4,9-10H2,1-2H3,(H2,15,18). The number of nitrogens with zero attached hydrogens (tertiary/aromatic N) is 1. The molecular formula is C14H20N2OS2.